The molecule has 2 aromatic carbocycles. The van der Waals surface area contributed by atoms with Gasteiger partial charge < -0.3 is 14.8 Å². The summed E-state index contributed by atoms with van der Waals surface area (Å²) in [6, 6.07) is 14.7. The minimum absolute atomic E-state index is 0.0833. The largest absolute Gasteiger partial charge is 0.497 e. The summed E-state index contributed by atoms with van der Waals surface area (Å²) in [5.41, 5.74) is 2.50. The molecular weight excluding hydrogens is 434 g/mol. The number of benzene rings is 2. The fourth-order valence-electron chi connectivity index (χ4n) is 2.57. The van der Waals surface area contributed by atoms with E-state index in [0.717, 1.165) is 22.7 Å². The summed E-state index contributed by atoms with van der Waals surface area (Å²) in [6.07, 6.45) is 0. The Hall–Kier alpha value is -3.04. The minimum Gasteiger partial charge on any atom is -0.497 e. The zero-order chi connectivity index (χ0) is 22.1. The highest BCUT2D eigenvalue weighted by atomic mass is 32.2. The van der Waals surface area contributed by atoms with Gasteiger partial charge in [0, 0.05) is 16.8 Å². The van der Waals surface area contributed by atoms with Crippen LogP contribution in [-0.4, -0.2) is 36.3 Å². The number of amides is 2. The van der Waals surface area contributed by atoms with E-state index >= 15 is 0 Å². The van der Waals surface area contributed by atoms with Gasteiger partial charge in [0.2, 0.25) is 5.91 Å². The molecule has 0 radical (unpaired) electrons. The number of carbonyl (C=O) groups is 2. The van der Waals surface area contributed by atoms with Gasteiger partial charge in [0.25, 0.3) is 5.91 Å². The number of thiazole rings is 1. The van der Waals surface area contributed by atoms with Crippen molar-refractivity contribution in [1.82, 2.24) is 4.98 Å². The monoisotopic (exact) mass is 457 g/mol. The molecule has 31 heavy (non-hydrogen) atoms. The smallest absolute Gasteiger partial charge is 0.264 e. The molecule has 2 N–H and O–H groups in total. The lowest BCUT2D eigenvalue weighted by atomic mass is 10.2. The maximum atomic E-state index is 12.1. The van der Waals surface area contributed by atoms with Crippen molar-refractivity contribution in [3.8, 4) is 11.5 Å². The fraction of sp³-hybridized carbons (Fsp3) is 0.227. The standard InChI is InChI=1S/C22H23N3O4S2/c1-15-5-3-4-6-19(15)29-11-20(26)25-22-24-17(13-31-22)12-30-14-21(27)23-16-7-9-18(28-2)10-8-16/h3-10,13H,11-12,14H2,1-2H3,(H,23,27)(H,24,25,26). The molecule has 7 nitrogen and oxygen atoms in total. The zero-order valence-electron chi connectivity index (χ0n) is 17.2. The van der Waals surface area contributed by atoms with Crippen LogP contribution in [0.5, 0.6) is 11.5 Å². The van der Waals surface area contributed by atoms with Crippen molar-refractivity contribution < 1.29 is 19.1 Å². The van der Waals surface area contributed by atoms with Crippen LogP contribution in [0.4, 0.5) is 10.8 Å². The van der Waals surface area contributed by atoms with Crippen LogP contribution in [0.25, 0.3) is 0 Å². The molecule has 0 atom stereocenters. The Morgan fingerprint density at radius 2 is 1.84 bits per heavy atom. The third kappa shape index (κ3) is 7.30. The molecule has 0 spiro atoms. The second kappa shape index (κ2) is 11.4. The number of hydrogen-bond donors (Lipinski definition) is 2. The number of methoxy groups -OCH3 is 1. The lowest BCUT2D eigenvalue weighted by Crippen LogP contribution is -2.20. The van der Waals surface area contributed by atoms with Crippen LogP contribution in [0.1, 0.15) is 11.3 Å². The SMILES string of the molecule is COc1ccc(NC(=O)CSCc2csc(NC(=O)COc3ccccc3C)n2)cc1. The van der Waals surface area contributed by atoms with E-state index in [4.69, 9.17) is 9.47 Å². The van der Waals surface area contributed by atoms with Gasteiger partial charge in [-0.3, -0.25) is 14.9 Å². The van der Waals surface area contributed by atoms with E-state index in [0.29, 0.717) is 22.4 Å². The normalized spacial score (nSPS) is 10.4. The number of nitrogens with one attached hydrogen (secondary N) is 2. The van der Waals surface area contributed by atoms with Crippen molar-refractivity contribution in [2.24, 2.45) is 0 Å². The summed E-state index contributed by atoms with van der Waals surface area (Å²) in [6.45, 7) is 1.84. The van der Waals surface area contributed by atoms with E-state index in [-0.39, 0.29) is 18.4 Å². The molecule has 0 fully saturated rings. The van der Waals surface area contributed by atoms with E-state index in [1.54, 1.807) is 31.4 Å². The predicted molar refractivity (Wildman–Crippen MR) is 125 cm³/mol. The highest BCUT2D eigenvalue weighted by molar-refractivity contribution is 7.99. The predicted octanol–water partition coefficient (Wildman–Crippen LogP) is 4.35. The second-order valence-electron chi connectivity index (χ2n) is 6.52. The molecule has 0 saturated carbocycles. The molecule has 0 bridgehead atoms. The van der Waals surface area contributed by atoms with Crippen LogP contribution >= 0.6 is 23.1 Å². The second-order valence-corrected chi connectivity index (χ2v) is 8.36. The first kappa shape index (κ1) is 22.6. The molecule has 0 aliphatic carbocycles. The summed E-state index contributed by atoms with van der Waals surface area (Å²) in [4.78, 5) is 28.5. The summed E-state index contributed by atoms with van der Waals surface area (Å²) >= 11 is 2.80. The number of thioether (sulfide) groups is 1. The molecule has 2 amide bonds. The van der Waals surface area contributed by atoms with E-state index in [2.05, 4.69) is 15.6 Å². The zero-order valence-corrected chi connectivity index (χ0v) is 18.8. The number of ether oxygens (including phenoxy) is 2. The Balaban J connectivity index is 1.37. The third-order valence-electron chi connectivity index (χ3n) is 4.11. The molecule has 1 heterocycles. The van der Waals surface area contributed by atoms with Crippen molar-refractivity contribution >= 4 is 45.7 Å². The van der Waals surface area contributed by atoms with Gasteiger partial charge in [-0.2, -0.15) is 0 Å². The lowest BCUT2D eigenvalue weighted by molar-refractivity contribution is -0.118. The van der Waals surface area contributed by atoms with Crippen molar-refractivity contribution in [3.05, 3.63) is 65.2 Å². The number of nitrogens with zero attached hydrogens (tertiary/aromatic N) is 1. The molecule has 0 saturated heterocycles. The number of aromatic nitrogens is 1. The minimum atomic E-state index is -0.268. The average molecular weight is 458 g/mol. The van der Waals surface area contributed by atoms with Crippen LogP contribution in [0, 0.1) is 6.92 Å². The molecule has 0 aliphatic heterocycles. The van der Waals surface area contributed by atoms with Crippen LogP contribution in [0.3, 0.4) is 0 Å². The van der Waals surface area contributed by atoms with Crippen LogP contribution < -0.4 is 20.1 Å². The molecule has 3 rings (SSSR count). The van der Waals surface area contributed by atoms with Crippen molar-refractivity contribution in [2.45, 2.75) is 12.7 Å². The average Bonchev–Trinajstić information content (AvgIpc) is 3.20. The van der Waals surface area contributed by atoms with E-state index < -0.39 is 0 Å². The van der Waals surface area contributed by atoms with Crippen molar-refractivity contribution in [3.63, 3.8) is 0 Å². The van der Waals surface area contributed by atoms with E-state index in [1.807, 2.05) is 36.6 Å². The summed E-state index contributed by atoms with van der Waals surface area (Å²) in [5, 5.41) is 7.95. The molecule has 9 heteroatoms. The van der Waals surface area contributed by atoms with Gasteiger partial charge in [0.05, 0.1) is 18.6 Å². The number of para-hydroxylation sites is 1. The Kier molecular flexibility index (Phi) is 8.31. The first-order valence-electron chi connectivity index (χ1n) is 9.48. The van der Waals surface area contributed by atoms with Gasteiger partial charge in [-0.05, 0) is 42.8 Å². The number of aryl methyl sites for hydroxylation is 1. The number of carbonyl (C=O) groups excluding carboxylic acids is 2. The first-order chi connectivity index (χ1) is 15.0. The van der Waals surface area contributed by atoms with Crippen LogP contribution in [-0.2, 0) is 15.3 Å². The fourth-order valence-corrected chi connectivity index (χ4v) is 4.12. The number of rotatable bonds is 10. The highest BCUT2D eigenvalue weighted by Crippen LogP contribution is 2.21. The summed E-state index contributed by atoms with van der Waals surface area (Å²) < 4.78 is 10.6. The summed E-state index contributed by atoms with van der Waals surface area (Å²) in [7, 11) is 1.60. The molecule has 0 unspecified atom stereocenters. The Labute approximate surface area is 189 Å². The topological polar surface area (TPSA) is 89.6 Å². The van der Waals surface area contributed by atoms with Crippen LogP contribution in [0.2, 0.25) is 0 Å². The van der Waals surface area contributed by atoms with E-state index in [1.165, 1.54) is 23.1 Å². The van der Waals surface area contributed by atoms with E-state index in [9.17, 15) is 9.59 Å². The molecule has 3 aromatic rings. The Morgan fingerprint density at radius 1 is 1.06 bits per heavy atom. The molecule has 162 valence electrons. The van der Waals surface area contributed by atoms with Crippen molar-refractivity contribution in [2.75, 3.05) is 30.1 Å². The Morgan fingerprint density at radius 3 is 2.58 bits per heavy atom. The number of hydrogen-bond acceptors (Lipinski definition) is 7. The number of anilines is 2. The molecule has 1 aromatic heterocycles. The third-order valence-corrected chi connectivity index (χ3v) is 5.88. The van der Waals surface area contributed by atoms with Crippen LogP contribution in [0.15, 0.2) is 53.9 Å². The van der Waals surface area contributed by atoms with Crippen molar-refractivity contribution in [1.29, 1.82) is 0 Å². The summed E-state index contributed by atoms with van der Waals surface area (Å²) in [5.74, 6) is 1.93. The first-order valence-corrected chi connectivity index (χ1v) is 11.5. The van der Waals surface area contributed by atoms with Gasteiger partial charge in [0.1, 0.15) is 11.5 Å². The van der Waals surface area contributed by atoms with Gasteiger partial charge in [-0.25, -0.2) is 4.98 Å². The Bertz CT molecular complexity index is 1020. The quantitative estimate of drug-likeness (QED) is 0.471. The van der Waals surface area contributed by atoms with Gasteiger partial charge in [0.15, 0.2) is 11.7 Å². The van der Waals surface area contributed by atoms with Gasteiger partial charge in [-0.1, -0.05) is 18.2 Å². The lowest BCUT2D eigenvalue weighted by Gasteiger charge is -2.08. The molecular formula is C22H23N3O4S2. The maximum absolute atomic E-state index is 12.1. The van der Waals surface area contributed by atoms with Gasteiger partial charge in [-0.15, -0.1) is 23.1 Å². The highest BCUT2D eigenvalue weighted by Gasteiger charge is 2.10. The molecule has 0 aliphatic rings. The maximum Gasteiger partial charge on any atom is 0.264 e. The van der Waals surface area contributed by atoms with Gasteiger partial charge >= 0.3 is 0 Å².